The summed E-state index contributed by atoms with van der Waals surface area (Å²) >= 11 is 0. The van der Waals surface area contributed by atoms with Gasteiger partial charge >= 0.3 is 0 Å². The molecule has 20 heavy (non-hydrogen) atoms. The molecule has 0 aliphatic rings. The molecule has 2 nitrogen and oxygen atoms in total. The third kappa shape index (κ3) is 4.19. The Labute approximate surface area is 122 Å². The molecule has 0 spiro atoms. The number of hydrogen-bond donors (Lipinski definition) is 0. The molecule has 2 aromatic rings. The normalized spacial score (nSPS) is 11.2. The highest BCUT2D eigenvalue weighted by Gasteiger charge is 2.14. The highest BCUT2D eigenvalue weighted by Crippen LogP contribution is 2.25. The zero-order valence-corrected chi connectivity index (χ0v) is 12.3. The van der Waals surface area contributed by atoms with Gasteiger partial charge in [0.2, 0.25) is 0 Å². The first-order chi connectivity index (χ1) is 9.81. The second kappa shape index (κ2) is 7.83. The molecular formula is C18H23NO. The minimum Gasteiger partial charge on any atom is -0.367 e. The molecule has 0 atom stereocenters. The molecule has 0 unspecified atom stereocenters. The Morgan fingerprint density at radius 3 is 1.85 bits per heavy atom. The highest BCUT2D eigenvalue weighted by molar-refractivity contribution is 5.29. The van der Waals surface area contributed by atoms with Crippen LogP contribution in [0.4, 0.5) is 0 Å². The average Bonchev–Trinajstić information content (AvgIpc) is 2.53. The van der Waals surface area contributed by atoms with Crippen LogP contribution in [0.2, 0.25) is 0 Å². The van der Waals surface area contributed by atoms with Crippen molar-refractivity contribution in [2.45, 2.75) is 13.0 Å². The Hall–Kier alpha value is -1.64. The Kier molecular flexibility index (Phi) is 5.78. The quantitative estimate of drug-likeness (QED) is 0.759. The van der Waals surface area contributed by atoms with Gasteiger partial charge in [-0.25, -0.2) is 0 Å². The van der Waals surface area contributed by atoms with Gasteiger partial charge in [-0.2, -0.15) is 0 Å². The number of benzene rings is 2. The Morgan fingerprint density at radius 1 is 0.900 bits per heavy atom. The largest absolute Gasteiger partial charge is 0.367 e. The SMILES string of the molecule is CCN(C)CCOC(c1ccccc1)c1ccccc1. The molecule has 0 amide bonds. The number of rotatable bonds is 7. The third-order valence-corrected chi connectivity index (χ3v) is 3.50. The van der Waals surface area contributed by atoms with Crippen molar-refractivity contribution >= 4 is 0 Å². The topological polar surface area (TPSA) is 12.5 Å². The molecule has 0 bridgehead atoms. The maximum absolute atomic E-state index is 6.15. The Morgan fingerprint density at radius 2 is 1.40 bits per heavy atom. The lowest BCUT2D eigenvalue weighted by atomic mass is 10.0. The number of ether oxygens (including phenoxy) is 1. The summed E-state index contributed by atoms with van der Waals surface area (Å²) in [5, 5.41) is 0. The minimum absolute atomic E-state index is 0.0163. The summed E-state index contributed by atoms with van der Waals surface area (Å²) < 4.78 is 6.15. The lowest BCUT2D eigenvalue weighted by molar-refractivity contribution is 0.0656. The first kappa shape index (κ1) is 14.8. The van der Waals surface area contributed by atoms with Crippen LogP contribution in [0.25, 0.3) is 0 Å². The van der Waals surface area contributed by atoms with Crippen LogP contribution in [0, 0.1) is 0 Å². The Bertz CT molecular complexity index is 444. The van der Waals surface area contributed by atoms with Crippen molar-refractivity contribution < 1.29 is 4.74 Å². The summed E-state index contributed by atoms with van der Waals surface area (Å²) in [7, 11) is 2.11. The molecule has 0 radical (unpaired) electrons. The van der Waals surface area contributed by atoms with E-state index < -0.39 is 0 Å². The van der Waals surface area contributed by atoms with Crippen LogP contribution in [-0.4, -0.2) is 31.6 Å². The van der Waals surface area contributed by atoms with Crippen LogP contribution in [-0.2, 0) is 4.74 Å². The maximum Gasteiger partial charge on any atom is 0.108 e. The molecule has 2 aromatic carbocycles. The molecule has 2 rings (SSSR count). The standard InChI is InChI=1S/C18H23NO/c1-3-19(2)14-15-20-18(16-10-6-4-7-11-16)17-12-8-5-9-13-17/h4-13,18H,3,14-15H2,1-2H3. The van der Waals surface area contributed by atoms with Gasteiger partial charge in [-0.15, -0.1) is 0 Å². The molecule has 0 heterocycles. The molecule has 0 N–H and O–H groups in total. The van der Waals surface area contributed by atoms with E-state index in [4.69, 9.17) is 4.74 Å². The van der Waals surface area contributed by atoms with Crippen molar-refractivity contribution in [1.29, 1.82) is 0 Å². The van der Waals surface area contributed by atoms with E-state index in [-0.39, 0.29) is 6.10 Å². The fourth-order valence-electron chi connectivity index (χ4n) is 2.13. The first-order valence-corrected chi connectivity index (χ1v) is 7.21. The third-order valence-electron chi connectivity index (χ3n) is 3.50. The lowest BCUT2D eigenvalue weighted by Gasteiger charge is -2.21. The van der Waals surface area contributed by atoms with E-state index in [0.29, 0.717) is 0 Å². The van der Waals surface area contributed by atoms with E-state index in [2.05, 4.69) is 67.4 Å². The second-order valence-corrected chi connectivity index (χ2v) is 4.97. The van der Waals surface area contributed by atoms with Crippen LogP contribution >= 0.6 is 0 Å². The Balaban J connectivity index is 2.09. The van der Waals surface area contributed by atoms with E-state index in [1.165, 1.54) is 11.1 Å². The minimum atomic E-state index is 0.0163. The second-order valence-electron chi connectivity index (χ2n) is 4.97. The fraction of sp³-hybridized carbons (Fsp3) is 0.333. The summed E-state index contributed by atoms with van der Waals surface area (Å²) in [6.45, 7) is 4.89. The van der Waals surface area contributed by atoms with E-state index in [0.717, 1.165) is 19.7 Å². The molecule has 0 aliphatic carbocycles. The summed E-state index contributed by atoms with van der Waals surface area (Å²) in [6, 6.07) is 20.8. The van der Waals surface area contributed by atoms with Crippen molar-refractivity contribution in [1.82, 2.24) is 4.90 Å². The van der Waals surface area contributed by atoms with Gasteiger partial charge in [0.05, 0.1) is 6.61 Å². The van der Waals surface area contributed by atoms with E-state index in [9.17, 15) is 0 Å². The van der Waals surface area contributed by atoms with Crippen LogP contribution in [0.15, 0.2) is 60.7 Å². The van der Waals surface area contributed by atoms with E-state index in [1.54, 1.807) is 0 Å². The summed E-state index contributed by atoms with van der Waals surface area (Å²) in [5.41, 5.74) is 2.41. The van der Waals surface area contributed by atoms with Crippen molar-refractivity contribution in [3.8, 4) is 0 Å². The monoisotopic (exact) mass is 269 g/mol. The summed E-state index contributed by atoms with van der Waals surface area (Å²) in [4.78, 5) is 2.26. The van der Waals surface area contributed by atoms with Crippen molar-refractivity contribution in [2.24, 2.45) is 0 Å². The van der Waals surface area contributed by atoms with E-state index >= 15 is 0 Å². The van der Waals surface area contributed by atoms with Crippen molar-refractivity contribution in [2.75, 3.05) is 26.7 Å². The van der Waals surface area contributed by atoms with Gasteiger partial charge in [-0.3, -0.25) is 0 Å². The van der Waals surface area contributed by atoms with E-state index in [1.807, 2.05) is 12.1 Å². The molecule has 2 heteroatoms. The number of likely N-dealkylation sites (N-methyl/N-ethyl adjacent to an activating group) is 1. The summed E-state index contributed by atoms with van der Waals surface area (Å²) in [6.07, 6.45) is 0.0163. The van der Waals surface area contributed by atoms with Crippen LogP contribution in [0.5, 0.6) is 0 Å². The van der Waals surface area contributed by atoms with Gasteiger partial charge in [0.15, 0.2) is 0 Å². The lowest BCUT2D eigenvalue weighted by Crippen LogP contribution is -2.23. The first-order valence-electron chi connectivity index (χ1n) is 7.21. The fourth-order valence-corrected chi connectivity index (χ4v) is 2.13. The van der Waals surface area contributed by atoms with Crippen LogP contribution in [0.1, 0.15) is 24.2 Å². The average molecular weight is 269 g/mol. The molecule has 0 saturated heterocycles. The smallest absolute Gasteiger partial charge is 0.108 e. The predicted molar refractivity (Wildman–Crippen MR) is 83.9 cm³/mol. The molecular weight excluding hydrogens is 246 g/mol. The van der Waals surface area contributed by atoms with Gasteiger partial charge in [-0.1, -0.05) is 67.6 Å². The predicted octanol–water partition coefficient (Wildman–Crippen LogP) is 3.74. The van der Waals surface area contributed by atoms with Gasteiger partial charge in [0.25, 0.3) is 0 Å². The van der Waals surface area contributed by atoms with Gasteiger partial charge in [0.1, 0.15) is 6.10 Å². The molecule has 0 aliphatic heterocycles. The maximum atomic E-state index is 6.15. The molecule has 0 saturated carbocycles. The highest BCUT2D eigenvalue weighted by atomic mass is 16.5. The number of nitrogens with zero attached hydrogens (tertiary/aromatic N) is 1. The summed E-state index contributed by atoms with van der Waals surface area (Å²) in [5.74, 6) is 0. The van der Waals surface area contributed by atoms with Gasteiger partial charge < -0.3 is 9.64 Å². The van der Waals surface area contributed by atoms with Crippen LogP contribution < -0.4 is 0 Å². The zero-order chi connectivity index (χ0) is 14.2. The number of hydrogen-bond acceptors (Lipinski definition) is 2. The van der Waals surface area contributed by atoms with Crippen molar-refractivity contribution in [3.05, 3.63) is 71.8 Å². The zero-order valence-electron chi connectivity index (χ0n) is 12.3. The van der Waals surface area contributed by atoms with Gasteiger partial charge in [-0.05, 0) is 24.7 Å². The molecule has 0 fully saturated rings. The molecule has 0 aromatic heterocycles. The van der Waals surface area contributed by atoms with Crippen LogP contribution in [0.3, 0.4) is 0 Å². The van der Waals surface area contributed by atoms with Gasteiger partial charge in [0, 0.05) is 6.54 Å². The molecule has 106 valence electrons. The van der Waals surface area contributed by atoms with Crippen molar-refractivity contribution in [3.63, 3.8) is 0 Å².